The zero-order valence-electron chi connectivity index (χ0n) is 12.6. The molecule has 1 aliphatic rings. The molecule has 0 amide bonds. The third-order valence-corrected chi connectivity index (χ3v) is 3.83. The summed E-state index contributed by atoms with van der Waals surface area (Å²) < 4.78 is 2.03. The summed E-state index contributed by atoms with van der Waals surface area (Å²) in [5.41, 5.74) is 0. The second-order valence-corrected chi connectivity index (χ2v) is 6.03. The van der Waals surface area contributed by atoms with E-state index in [-0.39, 0.29) is 0 Å². The van der Waals surface area contributed by atoms with Crippen molar-refractivity contribution in [2.24, 2.45) is 0 Å². The molecule has 0 saturated carbocycles. The van der Waals surface area contributed by atoms with Crippen LogP contribution in [0.5, 0.6) is 0 Å². The van der Waals surface area contributed by atoms with Crippen LogP contribution in [-0.2, 0) is 6.54 Å². The Balaban J connectivity index is 2.01. The fourth-order valence-electron chi connectivity index (χ4n) is 2.65. The predicted molar refractivity (Wildman–Crippen MR) is 77.0 cm³/mol. The third-order valence-electron chi connectivity index (χ3n) is 3.83. The van der Waals surface area contributed by atoms with Crippen LogP contribution in [0.2, 0.25) is 0 Å². The van der Waals surface area contributed by atoms with Gasteiger partial charge in [-0.05, 0) is 47.1 Å². The second kappa shape index (κ2) is 6.48. The number of rotatable bonds is 6. The smallest absolute Gasteiger partial charge is 0.141 e. The molecule has 0 bridgehead atoms. The first-order chi connectivity index (χ1) is 9.08. The Labute approximate surface area is 116 Å². The number of nitrogens with zero attached hydrogens (tertiary/aromatic N) is 4. The number of hydrogen-bond donors (Lipinski definition) is 1. The summed E-state index contributed by atoms with van der Waals surface area (Å²) in [7, 11) is 0. The number of nitrogens with one attached hydrogen (secondary N) is 1. The van der Waals surface area contributed by atoms with Gasteiger partial charge in [0.1, 0.15) is 12.2 Å². The third kappa shape index (κ3) is 3.76. The first-order valence-corrected chi connectivity index (χ1v) is 7.43. The van der Waals surface area contributed by atoms with Crippen LogP contribution in [0.4, 0.5) is 0 Å². The Kier molecular flexibility index (Phi) is 4.93. The van der Waals surface area contributed by atoms with Crippen LogP contribution in [0.3, 0.4) is 0 Å². The monoisotopic (exact) mass is 265 g/mol. The standard InChI is InChI=1S/C14H27N5/c1-11(2)18(8-13-6-5-7-15-13)9-14-16-10-17-19(14)12(3)4/h10-13,15H,5-9H2,1-4H3. The van der Waals surface area contributed by atoms with Crippen molar-refractivity contribution in [1.29, 1.82) is 0 Å². The topological polar surface area (TPSA) is 46.0 Å². The lowest BCUT2D eigenvalue weighted by Gasteiger charge is -2.29. The van der Waals surface area contributed by atoms with Gasteiger partial charge < -0.3 is 5.32 Å². The SMILES string of the molecule is CC(C)N(Cc1ncnn1C(C)C)CC1CCCN1. The van der Waals surface area contributed by atoms with Gasteiger partial charge in [-0.25, -0.2) is 9.67 Å². The Morgan fingerprint density at radius 2 is 2.21 bits per heavy atom. The first-order valence-electron chi connectivity index (χ1n) is 7.43. The van der Waals surface area contributed by atoms with E-state index in [4.69, 9.17) is 0 Å². The maximum atomic E-state index is 4.42. The molecular weight excluding hydrogens is 238 g/mol. The lowest BCUT2D eigenvalue weighted by Crippen LogP contribution is -2.41. The summed E-state index contributed by atoms with van der Waals surface area (Å²) >= 11 is 0. The molecule has 1 aromatic rings. The minimum absolute atomic E-state index is 0.371. The Bertz CT molecular complexity index is 379. The van der Waals surface area contributed by atoms with Crippen LogP contribution in [0.25, 0.3) is 0 Å². The van der Waals surface area contributed by atoms with Gasteiger partial charge in [-0.1, -0.05) is 0 Å². The van der Waals surface area contributed by atoms with Crippen molar-refractivity contribution in [2.75, 3.05) is 13.1 Å². The molecule has 0 aromatic carbocycles. The molecule has 2 heterocycles. The minimum Gasteiger partial charge on any atom is -0.313 e. The van der Waals surface area contributed by atoms with Gasteiger partial charge in [0, 0.05) is 24.7 Å². The van der Waals surface area contributed by atoms with Crippen LogP contribution < -0.4 is 5.32 Å². The Hall–Kier alpha value is -0.940. The van der Waals surface area contributed by atoms with Crippen LogP contribution >= 0.6 is 0 Å². The molecule has 19 heavy (non-hydrogen) atoms. The summed E-state index contributed by atoms with van der Waals surface area (Å²) in [4.78, 5) is 6.92. The zero-order chi connectivity index (χ0) is 13.8. The maximum absolute atomic E-state index is 4.42. The van der Waals surface area contributed by atoms with Crippen molar-refractivity contribution < 1.29 is 0 Å². The van der Waals surface area contributed by atoms with Crippen LogP contribution in [-0.4, -0.2) is 44.8 Å². The van der Waals surface area contributed by atoms with Crippen molar-refractivity contribution in [2.45, 2.75) is 65.2 Å². The highest BCUT2D eigenvalue weighted by Gasteiger charge is 2.21. The summed E-state index contributed by atoms with van der Waals surface area (Å²) in [6.07, 6.45) is 4.26. The van der Waals surface area contributed by atoms with Gasteiger partial charge in [0.05, 0.1) is 6.54 Å². The highest BCUT2D eigenvalue weighted by atomic mass is 15.4. The van der Waals surface area contributed by atoms with Crippen molar-refractivity contribution >= 4 is 0 Å². The van der Waals surface area contributed by atoms with Crippen molar-refractivity contribution in [1.82, 2.24) is 25.0 Å². The fourth-order valence-corrected chi connectivity index (χ4v) is 2.65. The van der Waals surface area contributed by atoms with E-state index < -0.39 is 0 Å². The fraction of sp³-hybridized carbons (Fsp3) is 0.857. The molecule has 1 N–H and O–H groups in total. The molecule has 0 aliphatic carbocycles. The van der Waals surface area contributed by atoms with Crippen molar-refractivity contribution in [3.05, 3.63) is 12.2 Å². The number of hydrogen-bond acceptors (Lipinski definition) is 4. The summed E-state index contributed by atoms with van der Waals surface area (Å²) in [5, 5.41) is 7.90. The molecule has 1 atom stereocenters. The van der Waals surface area contributed by atoms with E-state index in [0.29, 0.717) is 18.1 Å². The highest BCUT2D eigenvalue weighted by Crippen LogP contribution is 2.13. The van der Waals surface area contributed by atoms with Gasteiger partial charge in [0.15, 0.2) is 0 Å². The molecule has 1 fully saturated rings. The van der Waals surface area contributed by atoms with Crippen molar-refractivity contribution in [3.63, 3.8) is 0 Å². The average molecular weight is 265 g/mol. The lowest BCUT2D eigenvalue weighted by atomic mass is 10.2. The highest BCUT2D eigenvalue weighted by molar-refractivity contribution is 4.89. The molecule has 108 valence electrons. The van der Waals surface area contributed by atoms with Crippen LogP contribution in [0, 0.1) is 0 Å². The molecule has 5 nitrogen and oxygen atoms in total. The largest absolute Gasteiger partial charge is 0.313 e. The van der Waals surface area contributed by atoms with Crippen LogP contribution in [0.15, 0.2) is 6.33 Å². The molecule has 0 radical (unpaired) electrons. The molecule has 5 heteroatoms. The van der Waals surface area contributed by atoms with E-state index in [9.17, 15) is 0 Å². The Morgan fingerprint density at radius 1 is 1.42 bits per heavy atom. The second-order valence-electron chi connectivity index (χ2n) is 6.03. The van der Waals surface area contributed by atoms with E-state index in [2.05, 4.69) is 48.0 Å². The summed E-state index contributed by atoms with van der Waals surface area (Å²) in [6.45, 7) is 12.0. The maximum Gasteiger partial charge on any atom is 0.141 e. The average Bonchev–Trinajstić information content (AvgIpc) is 2.98. The molecule has 1 unspecified atom stereocenters. The van der Waals surface area contributed by atoms with Gasteiger partial charge in [-0.15, -0.1) is 0 Å². The molecule has 2 rings (SSSR count). The quantitative estimate of drug-likeness (QED) is 0.852. The normalized spacial score (nSPS) is 20.1. The predicted octanol–water partition coefficient (Wildman–Crippen LogP) is 1.82. The van der Waals surface area contributed by atoms with Gasteiger partial charge in [-0.2, -0.15) is 5.10 Å². The zero-order valence-corrected chi connectivity index (χ0v) is 12.6. The Morgan fingerprint density at radius 3 is 2.79 bits per heavy atom. The van der Waals surface area contributed by atoms with E-state index in [1.165, 1.54) is 19.4 Å². The first kappa shape index (κ1) is 14.5. The molecule has 0 spiro atoms. The van der Waals surface area contributed by atoms with Gasteiger partial charge in [0.2, 0.25) is 0 Å². The summed E-state index contributed by atoms with van der Waals surface area (Å²) in [6, 6.07) is 1.54. The molecule has 1 saturated heterocycles. The summed E-state index contributed by atoms with van der Waals surface area (Å²) in [5.74, 6) is 1.07. The van der Waals surface area contributed by atoms with Gasteiger partial charge in [-0.3, -0.25) is 4.90 Å². The van der Waals surface area contributed by atoms with Gasteiger partial charge in [0.25, 0.3) is 0 Å². The van der Waals surface area contributed by atoms with Crippen molar-refractivity contribution in [3.8, 4) is 0 Å². The van der Waals surface area contributed by atoms with E-state index in [0.717, 1.165) is 18.9 Å². The lowest BCUT2D eigenvalue weighted by molar-refractivity contribution is 0.185. The van der Waals surface area contributed by atoms with E-state index in [1.807, 2.05) is 4.68 Å². The van der Waals surface area contributed by atoms with Crippen LogP contribution in [0.1, 0.15) is 52.4 Å². The number of aromatic nitrogens is 3. The van der Waals surface area contributed by atoms with E-state index >= 15 is 0 Å². The molecular formula is C14H27N5. The van der Waals surface area contributed by atoms with Gasteiger partial charge >= 0.3 is 0 Å². The molecule has 1 aromatic heterocycles. The van der Waals surface area contributed by atoms with E-state index in [1.54, 1.807) is 6.33 Å². The minimum atomic E-state index is 0.371. The molecule has 1 aliphatic heterocycles.